The van der Waals surface area contributed by atoms with E-state index in [2.05, 4.69) is 15.6 Å². The lowest BCUT2D eigenvalue weighted by Crippen LogP contribution is -2.46. The Morgan fingerprint density at radius 1 is 1.40 bits per heavy atom. The Balaban J connectivity index is 2.12. The van der Waals surface area contributed by atoms with Gasteiger partial charge in [-0.1, -0.05) is 32.4 Å². The first-order valence-electron chi connectivity index (χ1n) is 8.62. The van der Waals surface area contributed by atoms with Crippen LogP contribution < -0.4 is 15.4 Å². The molecule has 1 aliphatic heterocycles. The van der Waals surface area contributed by atoms with Crippen LogP contribution in [-0.4, -0.2) is 30.7 Å². The van der Waals surface area contributed by atoms with E-state index in [9.17, 15) is 9.59 Å². The second-order valence-electron chi connectivity index (χ2n) is 5.91. The van der Waals surface area contributed by atoms with Gasteiger partial charge in [0.05, 0.1) is 5.69 Å². The molecule has 2 rings (SSSR count). The summed E-state index contributed by atoms with van der Waals surface area (Å²) in [6.07, 6.45) is 4.22. The van der Waals surface area contributed by atoms with Crippen LogP contribution in [0.4, 0.5) is 5.69 Å². The van der Waals surface area contributed by atoms with Crippen LogP contribution in [-0.2, 0) is 9.59 Å². The largest absolute Gasteiger partial charge is 0.489 e. The number of aliphatic imine (C=N–C) groups is 1. The number of nitrogens with one attached hydrogen (secondary N) is 2. The summed E-state index contributed by atoms with van der Waals surface area (Å²) in [4.78, 5) is 29.3. The molecule has 2 amide bonds. The van der Waals surface area contributed by atoms with Gasteiger partial charge in [0.2, 0.25) is 0 Å². The third kappa shape index (κ3) is 4.92. The van der Waals surface area contributed by atoms with Gasteiger partial charge in [0.15, 0.2) is 0 Å². The van der Waals surface area contributed by atoms with Crippen molar-refractivity contribution >= 4 is 23.7 Å². The van der Waals surface area contributed by atoms with Crippen molar-refractivity contribution in [2.45, 2.75) is 46.1 Å². The highest BCUT2D eigenvalue weighted by Gasteiger charge is 2.27. The van der Waals surface area contributed by atoms with Crippen molar-refractivity contribution in [1.29, 1.82) is 0 Å². The number of allylic oxidation sites excluding steroid dienone is 1. The lowest BCUT2D eigenvalue weighted by atomic mass is 10.1. The van der Waals surface area contributed by atoms with E-state index in [0.29, 0.717) is 23.6 Å². The molecule has 1 heterocycles. The Bertz CT molecular complexity index is 695. The smallest absolute Gasteiger partial charge is 0.270 e. The molecular weight excluding hydrogens is 318 g/mol. The summed E-state index contributed by atoms with van der Waals surface area (Å²) < 4.78 is 5.64. The number of hydrogen-bond donors (Lipinski definition) is 2. The minimum absolute atomic E-state index is 0.0751. The molecule has 0 saturated carbocycles. The molecule has 0 aromatic heterocycles. The summed E-state index contributed by atoms with van der Waals surface area (Å²) >= 11 is 0. The number of carbonyl (C=O) groups excluding carboxylic acids is 2. The average Bonchev–Trinajstić information content (AvgIpc) is 2.77. The fraction of sp³-hybridized carbons (Fsp3) is 0.421. The van der Waals surface area contributed by atoms with Gasteiger partial charge in [-0.05, 0) is 37.5 Å². The fourth-order valence-electron chi connectivity index (χ4n) is 2.31. The van der Waals surface area contributed by atoms with Crippen molar-refractivity contribution in [3.63, 3.8) is 0 Å². The zero-order chi connectivity index (χ0) is 18.2. The Morgan fingerprint density at radius 3 is 2.88 bits per heavy atom. The predicted molar refractivity (Wildman–Crippen MR) is 98.9 cm³/mol. The van der Waals surface area contributed by atoms with Crippen molar-refractivity contribution in [2.24, 2.45) is 4.99 Å². The number of anilines is 1. The SMILES string of the molecule is CCCC=N/C(C(=O)N[C@H]1COc2ccccc2NC1=O)=C(/C)CC. The third-order valence-corrected chi connectivity index (χ3v) is 3.96. The maximum absolute atomic E-state index is 12.6. The van der Waals surface area contributed by atoms with Crippen molar-refractivity contribution in [2.75, 3.05) is 11.9 Å². The number of carbonyl (C=O) groups is 2. The summed E-state index contributed by atoms with van der Waals surface area (Å²) in [5.74, 6) is -0.0696. The molecule has 0 spiro atoms. The van der Waals surface area contributed by atoms with E-state index < -0.39 is 6.04 Å². The van der Waals surface area contributed by atoms with E-state index >= 15 is 0 Å². The number of amides is 2. The Morgan fingerprint density at radius 2 is 2.16 bits per heavy atom. The number of para-hydroxylation sites is 2. The summed E-state index contributed by atoms with van der Waals surface area (Å²) in [6.45, 7) is 5.96. The molecule has 134 valence electrons. The van der Waals surface area contributed by atoms with Crippen LogP contribution in [0.1, 0.15) is 40.0 Å². The summed E-state index contributed by atoms with van der Waals surface area (Å²) in [5, 5.41) is 5.52. The number of ether oxygens (including phenoxy) is 1. The van der Waals surface area contributed by atoms with Gasteiger partial charge < -0.3 is 15.4 Å². The maximum atomic E-state index is 12.6. The number of fused-ring (bicyclic) bond motifs is 1. The topological polar surface area (TPSA) is 79.8 Å². The molecule has 6 nitrogen and oxygen atoms in total. The van der Waals surface area contributed by atoms with Crippen LogP contribution in [0.3, 0.4) is 0 Å². The quantitative estimate of drug-likeness (QED) is 0.615. The van der Waals surface area contributed by atoms with Gasteiger partial charge in [-0.2, -0.15) is 0 Å². The van der Waals surface area contributed by atoms with Gasteiger partial charge in [-0.15, -0.1) is 0 Å². The Kier molecular flexibility index (Phi) is 6.74. The van der Waals surface area contributed by atoms with E-state index in [4.69, 9.17) is 4.74 Å². The van der Waals surface area contributed by atoms with E-state index in [-0.39, 0.29) is 18.4 Å². The van der Waals surface area contributed by atoms with Crippen LogP contribution in [0, 0.1) is 0 Å². The van der Waals surface area contributed by atoms with Gasteiger partial charge in [0.25, 0.3) is 11.8 Å². The molecule has 1 aliphatic rings. The summed E-state index contributed by atoms with van der Waals surface area (Å²) in [7, 11) is 0. The Labute approximate surface area is 148 Å². The lowest BCUT2D eigenvalue weighted by Gasteiger charge is -2.16. The van der Waals surface area contributed by atoms with E-state index in [1.807, 2.05) is 32.9 Å². The van der Waals surface area contributed by atoms with Crippen LogP contribution in [0.2, 0.25) is 0 Å². The van der Waals surface area contributed by atoms with Crippen molar-refractivity contribution in [3.05, 3.63) is 35.5 Å². The number of rotatable bonds is 6. The first-order valence-corrected chi connectivity index (χ1v) is 8.62. The highest BCUT2D eigenvalue weighted by Crippen LogP contribution is 2.26. The second kappa shape index (κ2) is 9.01. The predicted octanol–water partition coefficient (Wildman–Crippen LogP) is 3.06. The highest BCUT2D eigenvalue weighted by atomic mass is 16.5. The monoisotopic (exact) mass is 343 g/mol. The fourth-order valence-corrected chi connectivity index (χ4v) is 2.31. The first-order chi connectivity index (χ1) is 12.1. The molecule has 25 heavy (non-hydrogen) atoms. The standard InChI is InChI=1S/C19H25N3O3/c1-4-6-11-20-17(13(3)5-2)19(24)22-15-12-25-16-10-8-7-9-14(16)21-18(15)23/h7-11,15H,4-6,12H2,1-3H3,(H,21,23)(H,22,24)/b17-13-,20-11?/t15-/m0/s1. The molecule has 1 atom stereocenters. The highest BCUT2D eigenvalue weighted by molar-refractivity contribution is 6.02. The minimum atomic E-state index is -0.777. The molecule has 0 fully saturated rings. The number of unbranched alkanes of at least 4 members (excludes halogenated alkanes) is 1. The molecule has 0 unspecified atom stereocenters. The molecule has 0 bridgehead atoms. The average molecular weight is 343 g/mol. The third-order valence-electron chi connectivity index (χ3n) is 3.96. The van der Waals surface area contributed by atoms with E-state index in [1.165, 1.54) is 0 Å². The minimum Gasteiger partial charge on any atom is -0.489 e. The molecule has 2 N–H and O–H groups in total. The Hall–Kier alpha value is -2.63. The van der Waals surface area contributed by atoms with Crippen molar-refractivity contribution in [1.82, 2.24) is 5.32 Å². The van der Waals surface area contributed by atoms with Gasteiger partial charge in [-0.25, -0.2) is 0 Å². The number of hydrogen-bond acceptors (Lipinski definition) is 4. The molecule has 6 heteroatoms. The zero-order valence-corrected chi connectivity index (χ0v) is 15.0. The van der Waals surface area contributed by atoms with Crippen LogP contribution in [0.5, 0.6) is 5.75 Å². The maximum Gasteiger partial charge on any atom is 0.270 e. The zero-order valence-electron chi connectivity index (χ0n) is 15.0. The molecule has 1 aromatic rings. The van der Waals surface area contributed by atoms with Gasteiger partial charge >= 0.3 is 0 Å². The normalized spacial score (nSPS) is 17.9. The van der Waals surface area contributed by atoms with Gasteiger partial charge in [-0.3, -0.25) is 14.6 Å². The van der Waals surface area contributed by atoms with Gasteiger partial charge in [0.1, 0.15) is 24.1 Å². The number of benzene rings is 1. The first kappa shape index (κ1) is 18.7. The van der Waals surface area contributed by atoms with Gasteiger partial charge in [0, 0.05) is 6.21 Å². The van der Waals surface area contributed by atoms with Crippen molar-refractivity contribution in [3.8, 4) is 5.75 Å². The van der Waals surface area contributed by atoms with Crippen LogP contribution >= 0.6 is 0 Å². The summed E-state index contributed by atoms with van der Waals surface area (Å²) in [5.41, 5.74) is 1.85. The lowest BCUT2D eigenvalue weighted by molar-refractivity contribution is -0.124. The summed E-state index contributed by atoms with van der Waals surface area (Å²) in [6, 6.07) is 6.41. The number of nitrogens with zero attached hydrogens (tertiary/aromatic N) is 1. The molecule has 0 aliphatic carbocycles. The second-order valence-corrected chi connectivity index (χ2v) is 5.91. The van der Waals surface area contributed by atoms with Crippen molar-refractivity contribution < 1.29 is 14.3 Å². The molecule has 1 aromatic carbocycles. The van der Waals surface area contributed by atoms with Crippen LogP contribution in [0.15, 0.2) is 40.5 Å². The molecular formula is C19H25N3O3. The van der Waals surface area contributed by atoms with Crippen LogP contribution in [0.25, 0.3) is 0 Å². The molecule has 0 radical (unpaired) electrons. The van der Waals surface area contributed by atoms with E-state index in [1.54, 1.807) is 18.3 Å². The molecule has 0 saturated heterocycles. The van der Waals surface area contributed by atoms with E-state index in [0.717, 1.165) is 18.4 Å².